The second-order valence-electron chi connectivity index (χ2n) is 5.45. The Bertz CT molecular complexity index is 315. The van der Waals surface area contributed by atoms with Gasteiger partial charge in [-0.1, -0.05) is 20.8 Å². The van der Waals surface area contributed by atoms with E-state index in [0.29, 0.717) is 0 Å². The van der Waals surface area contributed by atoms with Gasteiger partial charge in [0.1, 0.15) is 5.76 Å². The van der Waals surface area contributed by atoms with Crippen LogP contribution < -0.4 is 5.32 Å². The Balaban J connectivity index is 2.26. The lowest BCUT2D eigenvalue weighted by Gasteiger charge is -2.15. The highest BCUT2D eigenvalue weighted by molar-refractivity contribution is 4.97. The van der Waals surface area contributed by atoms with E-state index < -0.39 is 0 Å². The van der Waals surface area contributed by atoms with Crippen molar-refractivity contribution in [2.75, 3.05) is 26.8 Å². The number of hydrogen-bond acceptors (Lipinski definition) is 4. The number of rotatable bonds is 7. The molecule has 4 heteroatoms. The van der Waals surface area contributed by atoms with Crippen molar-refractivity contribution in [1.29, 1.82) is 0 Å². The molecule has 17 heavy (non-hydrogen) atoms. The monoisotopic (exact) mass is 240 g/mol. The molecule has 0 fully saturated rings. The zero-order valence-electron chi connectivity index (χ0n) is 11.4. The minimum atomic E-state index is 0.244. The van der Waals surface area contributed by atoms with Crippen LogP contribution >= 0.6 is 0 Å². The molecule has 0 radical (unpaired) electrons. The molecule has 0 aromatic carbocycles. The quantitative estimate of drug-likeness (QED) is 0.741. The van der Waals surface area contributed by atoms with Crippen LogP contribution in [-0.4, -0.2) is 31.8 Å². The van der Waals surface area contributed by atoms with Crippen LogP contribution in [-0.2, 0) is 17.6 Å². The van der Waals surface area contributed by atoms with Gasteiger partial charge < -0.3 is 14.5 Å². The zero-order valence-corrected chi connectivity index (χ0v) is 11.4. The third-order valence-electron chi connectivity index (χ3n) is 2.30. The van der Waals surface area contributed by atoms with Crippen LogP contribution in [0, 0.1) is 5.41 Å². The van der Waals surface area contributed by atoms with Gasteiger partial charge in [0.15, 0.2) is 5.89 Å². The van der Waals surface area contributed by atoms with Crippen molar-refractivity contribution in [2.24, 2.45) is 5.41 Å². The van der Waals surface area contributed by atoms with Crippen LogP contribution in [0.5, 0.6) is 0 Å². The molecule has 0 spiro atoms. The highest BCUT2D eigenvalue weighted by Crippen LogP contribution is 2.20. The SMILES string of the molecule is COCCNCCc1ncc(CC(C)(C)C)o1. The molecule has 1 aromatic heterocycles. The summed E-state index contributed by atoms with van der Waals surface area (Å²) in [4.78, 5) is 4.28. The summed E-state index contributed by atoms with van der Waals surface area (Å²) in [5, 5.41) is 3.27. The fourth-order valence-electron chi connectivity index (χ4n) is 1.56. The van der Waals surface area contributed by atoms with Gasteiger partial charge in [0.2, 0.25) is 0 Å². The van der Waals surface area contributed by atoms with Crippen molar-refractivity contribution in [2.45, 2.75) is 33.6 Å². The lowest BCUT2D eigenvalue weighted by atomic mass is 9.91. The van der Waals surface area contributed by atoms with Gasteiger partial charge in [-0.05, 0) is 5.41 Å². The second-order valence-corrected chi connectivity index (χ2v) is 5.45. The van der Waals surface area contributed by atoms with Crippen LogP contribution in [0.3, 0.4) is 0 Å². The van der Waals surface area contributed by atoms with Crippen LogP contribution in [0.4, 0.5) is 0 Å². The highest BCUT2D eigenvalue weighted by atomic mass is 16.5. The molecule has 1 aromatic rings. The lowest BCUT2D eigenvalue weighted by molar-refractivity contribution is 0.199. The normalized spacial score (nSPS) is 12.0. The van der Waals surface area contributed by atoms with Gasteiger partial charge in [-0.2, -0.15) is 0 Å². The van der Waals surface area contributed by atoms with Gasteiger partial charge in [0, 0.05) is 33.0 Å². The highest BCUT2D eigenvalue weighted by Gasteiger charge is 2.14. The number of hydrogen-bond donors (Lipinski definition) is 1. The van der Waals surface area contributed by atoms with Crippen molar-refractivity contribution in [3.63, 3.8) is 0 Å². The predicted molar refractivity (Wildman–Crippen MR) is 68.1 cm³/mol. The molecule has 0 atom stereocenters. The molecular weight excluding hydrogens is 216 g/mol. The first kappa shape index (κ1) is 14.2. The second kappa shape index (κ2) is 6.77. The standard InChI is InChI=1S/C13H24N2O2/c1-13(2,3)9-11-10-15-12(17-11)5-6-14-7-8-16-4/h10,14H,5-9H2,1-4H3. The third kappa shape index (κ3) is 6.44. The maximum atomic E-state index is 5.68. The van der Waals surface area contributed by atoms with E-state index in [1.54, 1.807) is 7.11 Å². The number of ether oxygens (including phenoxy) is 1. The van der Waals surface area contributed by atoms with Gasteiger partial charge in [0.05, 0.1) is 12.8 Å². The number of nitrogens with one attached hydrogen (secondary N) is 1. The molecule has 0 aliphatic rings. The molecule has 0 saturated heterocycles. The number of oxazole rings is 1. The van der Waals surface area contributed by atoms with E-state index in [-0.39, 0.29) is 5.41 Å². The number of aromatic nitrogens is 1. The van der Waals surface area contributed by atoms with Gasteiger partial charge >= 0.3 is 0 Å². The molecule has 0 bridgehead atoms. The summed E-state index contributed by atoms with van der Waals surface area (Å²) in [5.41, 5.74) is 0.244. The molecule has 1 N–H and O–H groups in total. The van der Waals surface area contributed by atoms with E-state index in [9.17, 15) is 0 Å². The van der Waals surface area contributed by atoms with Gasteiger partial charge in [-0.15, -0.1) is 0 Å². The molecule has 0 aliphatic carbocycles. The molecule has 0 amide bonds. The Morgan fingerprint density at radius 2 is 2.12 bits per heavy atom. The topological polar surface area (TPSA) is 47.3 Å². The van der Waals surface area contributed by atoms with Gasteiger partial charge in [0.25, 0.3) is 0 Å². The first-order valence-corrected chi connectivity index (χ1v) is 6.14. The van der Waals surface area contributed by atoms with E-state index in [1.807, 2.05) is 6.20 Å². The summed E-state index contributed by atoms with van der Waals surface area (Å²) < 4.78 is 10.6. The van der Waals surface area contributed by atoms with Crippen molar-refractivity contribution in [3.05, 3.63) is 17.8 Å². The predicted octanol–water partition coefficient (Wildman–Crippen LogP) is 2.04. The summed E-state index contributed by atoms with van der Waals surface area (Å²) in [7, 11) is 1.70. The molecule has 1 rings (SSSR count). The Morgan fingerprint density at radius 3 is 2.76 bits per heavy atom. The largest absolute Gasteiger partial charge is 0.446 e. The fourth-order valence-corrected chi connectivity index (χ4v) is 1.56. The summed E-state index contributed by atoms with van der Waals surface area (Å²) in [6.45, 7) is 9.07. The average Bonchev–Trinajstić information content (AvgIpc) is 2.63. The van der Waals surface area contributed by atoms with Gasteiger partial charge in [-0.25, -0.2) is 4.98 Å². The van der Waals surface area contributed by atoms with Crippen LogP contribution in [0.25, 0.3) is 0 Å². The first-order chi connectivity index (χ1) is 8.01. The van der Waals surface area contributed by atoms with Crippen molar-refractivity contribution < 1.29 is 9.15 Å². The van der Waals surface area contributed by atoms with Gasteiger partial charge in [-0.3, -0.25) is 0 Å². The molecule has 4 nitrogen and oxygen atoms in total. The molecule has 98 valence electrons. The lowest BCUT2D eigenvalue weighted by Crippen LogP contribution is -2.21. The molecule has 0 unspecified atom stereocenters. The van der Waals surface area contributed by atoms with E-state index in [4.69, 9.17) is 9.15 Å². The minimum Gasteiger partial charge on any atom is -0.446 e. The van der Waals surface area contributed by atoms with Crippen LogP contribution in [0.15, 0.2) is 10.6 Å². The van der Waals surface area contributed by atoms with Crippen LogP contribution in [0.2, 0.25) is 0 Å². The average molecular weight is 240 g/mol. The Morgan fingerprint density at radius 1 is 1.35 bits per heavy atom. The Labute approximate surface area is 104 Å². The molecule has 1 heterocycles. The van der Waals surface area contributed by atoms with Crippen molar-refractivity contribution in [3.8, 4) is 0 Å². The minimum absolute atomic E-state index is 0.244. The smallest absolute Gasteiger partial charge is 0.195 e. The Hall–Kier alpha value is -0.870. The number of methoxy groups -OCH3 is 1. The molecular formula is C13H24N2O2. The van der Waals surface area contributed by atoms with Crippen molar-refractivity contribution >= 4 is 0 Å². The van der Waals surface area contributed by atoms with E-state index in [0.717, 1.165) is 44.2 Å². The Kier molecular flexibility index (Phi) is 5.65. The summed E-state index contributed by atoms with van der Waals surface area (Å²) in [6, 6.07) is 0. The summed E-state index contributed by atoms with van der Waals surface area (Å²) >= 11 is 0. The van der Waals surface area contributed by atoms with Crippen molar-refractivity contribution in [1.82, 2.24) is 10.3 Å². The van der Waals surface area contributed by atoms with E-state index in [2.05, 4.69) is 31.1 Å². The summed E-state index contributed by atoms with van der Waals surface area (Å²) in [6.07, 6.45) is 3.60. The maximum Gasteiger partial charge on any atom is 0.195 e. The van der Waals surface area contributed by atoms with Crippen LogP contribution in [0.1, 0.15) is 32.4 Å². The molecule has 0 aliphatic heterocycles. The maximum absolute atomic E-state index is 5.68. The van der Waals surface area contributed by atoms with E-state index in [1.165, 1.54) is 0 Å². The third-order valence-corrected chi connectivity index (χ3v) is 2.30. The molecule has 0 saturated carbocycles. The zero-order chi connectivity index (χ0) is 12.7. The number of nitrogens with zero attached hydrogens (tertiary/aromatic N) is 1. The first-order valence-electron chi connectivity index (χ1n) is 6.14. The fraction of sp³-hybridized carbons (Fsp3) is 0.769. The van der Waals surface area contributed by atoms with E-state index >= 15 is 0 Å². The summed E-state index contributed by atoms with van der Waals surface area (Å²) in [5.74, 6) is 1.79.